The van der Waals surface area contributed by atoms with Crippen molar-refractivity contribution in [2.45, 2.75) is 10.9 Å². The predicted octanol–water partition coefficient (Wildman–Crippen LogP) is 4.25. The van der Waals surface area contributed by atoms with Gasteiger partial charge in [0.25, 0.3) is 0 Å². The first-order chi connectivity index (χ1) is 11.2. The Morgan fingerprint density at radius 2 is 2.04 bits per heavy atom. The second-order valence-corrected chi connectivity index (χ2v) is 6.05. The van der Waals surface area contributed by atoms with E-state index >= 15 is 0 Å². The normalized spacial score (nSPS) is 11.2. The number of benzene rings is 2. The summed E-state index contributed by atoms with van der Waals surface area (Å²) in [6.07, 6.45) is 3.08. The molecule has 0 amide bonds. The van der Waals surface area contributed by atoms with Gasteiger partial charge in [-0.25, -0.2) is 4.39 Å². The van der Waals surface area contributed by atoms with Crippen LogP contribution in [0.5, 0.6) is 0 Å². The van der Waals surface area contributed by atoms with Crippen LogP contribution in [0.15, 0.2) is 65.1 Å². The Labute approximate surface area is 142 Å². The van der Waals surface area contributed by atoms with Gasteiger partial charge in [-0.1, -0.05) is 47.6 Å². The molecule has 0 radical (unpaired) electrons. The van der Waals surface area contributed by atoms with E-state index < -0.39 is 0 Å². The number of hydrogen-bond donors (Lipinski definition) is 0. The highest BCUT2D eigenvalue weighted by atomic mass is 35.5. The van der Waals surface area contributed by atoms with Gasteiger partial charge in [-0.3, -0.25) is 0 Å². The van der Waals surface area contributed by atoms with Gasteiger partial charge in [0, 0.05) is 10.8 Å². The highest BCUT2D eigenvalue weighted by molar-refractivity contribution is 7.98. The maximum atomic E-state index is 13.1. The Kier molecular flexibility index (Phi) is 5.05. The van der Waals surface area contributed by atoms with Gasteiger partial charge >= 0.3 is 0 Å². The lowest BCUT2D eigenvalue weighted by atomic mass is 10.2. The van der Waals surface area contributed by atoms with Crippen LogP contribution in [0.1, 0.15) is 11.1 Å². The fraction of sp³-hybridized carbons (Fsp3) is 0.0625. The molecule has 0 saturated heterocycles. The van der Waals surface area contributed by atoms with Crippen LogP contribution >= 0.6 is 23.4 Å². The summed E-state index contributed by atoms with van der Waals surface area (Å²) in [6, 6.07) is 13.8. The summed E-state index contributed by atoms with van der Waals surface area (Å²) < 4.78 is 14.7. The first kappa shape index (κ1) is 15.7. The van der Waals surface area contributed by atoms with Crippen LogP contribution in [0.3, 0.4) is 0 Å². The lowest BCUT2D eigenvalue weighted by Gasteiger charge is -2.01. The summed E-state index contributed by atoms with van der Waals surface area (Å²) in [5.41, 5.74) is 1.80. The quantitative estimate of drug-likeness (QED) is 0.512. The van der Waals surface area contributed by atoms with Gasteiger partial charge in [0.1, 0.15) is 12.1 Å². The highest BCUT2D eigenvalue weighted by Crippen LogP contribution is 2.21. The SMILES string of the molecule is Fc1cccc(/C=N/n2cnnc2SCc2ccc(Cl)cc2)c1. The molecule has 4 nitrogen and oxygen atoms in total. The van der Waals surface area contributed by atoms with Gasteiger partial charge in [0.2, 0.25) is 5.16 Å². The van der Waals surface area contributed by atoms with Gasteiger partial charge in [0.15, 0.2) is 0 Å². The molecule has 0 saturated carbocycles. The van der Waals surface area contributed by atoms with Crippen LogP contribution in [0.2, 0.25) is 5.02 Å². The smallest absolute Gasteiger partial charge is 0.207 e. The van der Waals surface area contributed by atoms with E-state index in [0.717, 1.165) is 11.3 Å². The number of rotatable bonds is 5. The lowest BCUT2D eigenvalue weighted by molar-refractivity contribution is 0.627. The molecule has 0 N–H and O–H groups in total. The zero-order chi connectivity index (χ0) is 16.1. The van der Waals surface area contributed by atoms with Crippen molar-refractivity contribution >= 4 is 29.6 Å². The summed E-state index contributed by atoms with van der Waals surface area (Å²) in [4.78, 5) is 0. The molecule has 0 aliphatic carbocycles. The number of hydrogen-bond acceptors (Lipinski definition) is 4. The van der Waals surface area contributed by atoms with Gasteiger partial charge in [-0.05, 0) is 35.4 Å². The van der Waals surface area contributed by atoms with E-state index in [1.54, 1.807) is 23.0 Å². The first-order valence-electron chi connectivity index (χ1n) is 6.78. The molecule has 0 aliphatic heterocycles. The molecule has 2 aromatic carbocycles. The summed E-state index contributed by atoms with van der Waals surface area (Å²) in [5.74, 6) is 0.431. The first-order valence-corrected chi connectivity index (χ1v) is 8.14. The molecule has 3 aromatic rings. The second kappa shape index (κ2) is 7.39. The van der Waals surface area contributed by atoms with Crippen LogP contribution in [-0.2, 0) is 5.75 Å². The van der Waals surface area contributed by atoms with Gasteiger partial charge in [-0.15, -0.1) is 10.2 Å². The molecule has 7 heteroatoms. The third kappa shape index (κ3) is 4.40. The minimum Gasteiger partial charge on any atom is -0.207 e. The van der Waals surface area contributed by atoms with Crippen LogP contribution in [0.25, 0.3) is 0 Å². The second-order valence-electron chi connectivity index (χ2n) is 4.67. The Hall–Kier alpha value is -2.18. The zero-order valence-electron chi connectivity index (χ0n) is 11.9. The van der Waals surface area contributed by atoms with E-state index in [-0.39, 0.29) is 5.82 Å². The van der Waals surface area contributed by atoms with E-state index in [2.05, 4.69) is 15.3 Å². The van der Waals surface area contributed by atoms with Crippen molar-refractivity contribution in [3.8, 4) is 0 Å². The Morgan fingerprint density at radius 1 is 1.22 bits per heavy atom. The van der Waals surface area contributed by atoms with Crippen LogP contribution in [0.4, 0.5) is 4.39 Å². The molecule has 1 heterocycles. The lowest BCUT2D eigenvalue weighted by Crippen LogP contribution is -1.93. The van der Waals surface area contributed by atoms with Crippen LogP contribution in [0, 0.1) is 5.82 Å². The summed E-state index contributed by atoms with van der Waals surface area (Å²) in [7, 11) is 0. The fourth-order valence-corrected chi connectivity index (χ4v) is 2.78. The third-order valence-electron chi connectivity index (χ3n) is 2.96. The van der Waals surface area contributed by atoms with E-state index in [1.807, 2.05) is 24.3 Å². The van der Waals surface area contributed by atoms with E-state index in [0.29, 0.717) is 15.7 Å². The van der Waals surface area contributed by atoms with E-state index in [9.17, 15) is 4.39 Å². The maximum absolute atomic E-state index is 13.1. The molecule has 0 aliphatic rings. The minimum atomic E-state index is -0.296. The zero-order valence-corrected chi connectivity index (χ0v) is 13.5. The average Bonchev–Trinajstić information content (AvgIpc) is 3.00. The van der Waals surface area contributed by atoms with Crippen molar-refractivity contribution in [2.24, 2.45) is 5.10 Å². The molecule has 3 rings (SSSR count). The van der Waals surface area contributed by atoms with E-state index in [4.69, 9.17) is 11.6 Å². The molecule has 0 fully saturated rings. The van der Waals surface area contributed by atoms with Gasteiger partial charge in [-0.2, -0.15) is 9.78 Å². The Morgan fingerprint density at radius 3 is 2.83 bits per heavy atom. The number of halogens is 2. The Balaban J connectivity index is 1.68. The average molecular weight is 347 g/mol. The van der Waals surface area contributed by atoms with Crippen LogP contribution < -0.4 is 0 Å². The number of thioether (sulfide) groups is 1. The van der Waals surface area contributed by atoms with Crippen LogP contribution in [-0.4, -0.2) is 21.1 Å². The van der Waals surface area contributed by atoms with Crippen molar-refractivity contribution in [3.05, 3.63) is 76.8 Å². The third-order valence-corrected chi connectivity index (χ3v) is 4.22. The molecule has 0 bridgehead atoms. The Bertz CT molecular complexity index is 817. The van der Waals surface area contributed by atoms with Gasteiger partial charge in [0.05, 0.1) is 6.21 Å². The molecular weight excluding hydrogens is 335 g/mol. The summed E-state index contributed by atoms with van der Waals surface area (Å²) >= 11 is 7.38. The fourth-order valence-electron chi connectivity index (χ4n) is 1.84. The number of nitrogens with zero attached hydrogens (tertiary/aromatic N) is 4. The molecule has 116 valence electrons. The van der Waals surface area contributed by atoms with Crippen molar-refractivity contribution in [1.82, 2.24) is 14.9 Å². The minimum absolute atomic E-state index is 0.296. The van der Waals surface area contributed by atoms with Crippen molar-refractivity contribution < 1.29 is 4.39 Å². The molecular formula is C16H12ClFN4S. The number of aromatic nitrogens is 3. The molecule has 1 aromatic heterocycles. The van der Waals surface area contributed by atoms with Crippen molar-refractivity contribution in [3.63, 3.8) is 0 Å². The monoisotopic (exact) mass is 346 g/mol. The standard InChI is InChI=1S/C16H12ClFN4S/c17-14-6-4-12(5-7-14)10-23-16-21-19-11-22(16)20-9-13-2-1-3-15(18)8-13/h1-9,11H,10H2/b20-9+. The van der Waals surface area contributed by atoms with E-state index in [1.165, 1.54) is 30.2 Å². The summed E-state index contributed by atoms with van der Waals surface area (Å²) in [5, 5.41) is 13.5. The maximum Gasteiger partial charge on any atom is 0.212 e. The van der Waals surface area contributed by atoms with Crippen molar-refractivity contribution in [1.29, 1.82) is 0 Å². The molecule has 0 atom stereocenters. The van der Waals surface area contributed by atoms with Crippen molar-refractivity contribution in [2.75, 3.05) is 0 Å². The largest absolute Gasteiger partial charge is 0.212 e. The molecule has 0 spiro atoms. The topological polar surface area (TPSA) is 43.1 Å². The predicted molar refractivity (Wildman–Crippen MR) is 90.4 cm³/mol. The summed E-state index contributed by atoms with van der Waals surface area (Å²) in [6.45, 7) is 0. The highest BCUT2D eigenvalue weighted by Gasteiger charge is 2.04. The molecule has 23 heavy (non-hydrogen) atoms. The molecule has 0 unspecified atom stereocenters. The van der Waals surface area contributed by atoms with Gasteiger partial charge < -0.3 is 0 Å².